The molecule has 0 aromatic carbocycles. The Morgan fingerprint density at radius 1 is 1.47 bits per heavy atom. The fourth-order valence-corrected chi connectivity index (χ4v) is 2.01. The van der Waals surface area contributed by atoms with Crippen LogP contribution in [0.1, 0.15) is 17.3 Å². The third kappa shape index (κ3) is 4.82. The second-order valence-electron chi connectivity index (χ2n) is 3.36. The Morgan fingerprint density at radius 3 is 2.71 bits per heavy atom. The van der Waals surface area contributed by atoms with Gasteiger partial charge in [-0.05, 0) is 28.1 Å². The Bertz CT molecular complexity index is 485. The van der Waals surface area contributed by atoms with Crippen molar-refractivity contribution in [3.05, 3.63) is 28.5 Å². The van der Waals surface area contributed by atoms with Gasteiger partial charge in [0.05, 0.1) is 11.3 Å². The lowest BCUT2D eigenvalue weighted by molar-refractivity contribution is 0.0955. The molecule has 0 atom stereocenters. The highest BCUT2D eigenvalue weighted by Gasteiger charge is 2.09. The number of hydrogen-bond acceptors (Lipinski definition) is 4. The number of nitrogens with zero attached hydrogens (tertiary/aromatic N) is 1. The Labute approximate surface area is 109 Å². The number of aromatic nitrogens is 1. The zero-order valence-corrected chi connectivity index (χ0v) is 11.7. The van der Waals surface area contributed by atoms with Crippen molar-refractivity contribution in [2.75, 3.05) is 18.1 Å². The molecule has 0 fully saturated rings. The number of carbonyl (C=O) groups is 1. The van der Waals surface area contributed by atoms with E-state index >= 15 is 0 Å². The van der Waals surface area contributed by atoms with Gasteiger partial charge in [0.2, 0.25) is 0 Å². The van der Waals surface area contributed by atoms with E-state index in [1.165, 1.54) is 6.20 Å². The van der Waals surface area contributed by atoms with Crippen LogP contribution in [0.4, 0.5) is 0 Å². The highest BCUT2D eigenvalue weighted by Crippen LogP contribution is 2.05. The standard InChI is InChI=1S/C10H13BrN2O3S/c1-2-17(15,16)6-5-12-10(14)8-3-4-9(11)13-7-8/h3-4,7H,2,5-6H2,1H3,(H,12,14). The lowest BCUT2D eigenvalue weighted by atomic mass is 10.3. The minimum Gasteiger partial charge on any atom is -0.351 e. The van der Waals surface area contributed by atoms with Gasteiger partial charge in [0, 0.05) is 18.5 Å². The van der Waals surface area contributed by atoms with Crippen LogP contribution in [-0.4, -0.2) is 37.4 Å². The van der Waals surface area contributed by atoms with Crippen molar-refractivity contribution >= 4 is 31.7 Å². The first-order valence-corrected chi connectivity index (χ1v) is 7.66. The number of halogens is 1. The van der Waals surface area contributed by atoms with Crippen LogP contribution in [0.25, 0.3) is 0 Å². The summed E-state index contributed by atoms with van der Waals surface area (Å²) in [7, 11) is -3.04. The first kappa shape index (κ1) is 14.1. The Kier molecular flexibility index (Phi) is 5.07. The Hall–Kier alpha value is -0.950. The summed E-state index contributed by atoms with van der Waals surface area (Å²) in [5.74, 6) is -0.279. The fourth-order valence-electron chi connectivity index (χ4n) is 1.08. The quantitative estimate of drug-likeness (QED) is 0.821. The van der Waals surface area contributed by atoms with Crippen molar-refractivity contribution in [1.82, 2.24) is 10.3 Å². The van der Waals surface area contributed by atoms with Crippen molar-refractivity contribution in [3.63, 3.8) is 0 Å². The van der Waals surface area contributed by atoms with E-state index in [2.05, 4.69) is 26.2 Å². The molecule has 0 spiro atoms. The first-order chi connectivity index (χ1) is 7.94. The van der Waals surface area contributed by atoms with Gasteiger partial charge in [-0.25, -0.2) is 13.4 Å². The molecule has 0 bridgehead atoms. The normalized spacial score (nSPS) is 11.2. The molecule has 0 aliphatic heterocycles. The third-order valence-electron chi connectivity index (χ3n) is 2.13. The van der Waals surface area contributed by atoms with E-state index in [1.54, 1.807) is 19.1 Å². The molecule has 5 nitrogen and oxygen atoms in total. The van der Waals surface area contributed by atoms with Crippen LogP contribution in [-0.2, 0) is 9.84 Å². The smallest absolute Gasteiger partial charge is 0.252 e. The van der Waals surface area contributed by atoms with Gasteiger partial charge in [-0.3, -0.25) is 4.79 Å². The van der Waals surface area contributed by atoms with E-state index in [1.807, 2.05) is 0 Å². The van der Waals surface area contributed by atoms with Gasteiger partial charge in [0.25, 0.3) is 5.91 Å². The van der Waals surface area contributed by atoms with E-state index < -0.39 is 9.84 Å². The maximum Gasteiger partial charge on any atom is 0.252 e. The molecule has 94 valence electrons. The highest BCUT2D eigenvalue weighted by atomic mass is 79.9. The SMILES string of the molecule is CCS(=O)(=O)CCNC(=O)c1ccc(Br)nc1. The van der Waals surface area contributed by atoms with Gasteiger partial charge in [-0.1, -0.05) is 6.92 Å². The van der Waals surface area contributed by atoms with Gasteiger partial charge in [-0.2, -0.15) is 0 Å². The minimum absolute atomic E-state index is 0.0425. The molecule has 1 heterocycles. The van der Waals surface area contributed by atoms with Crippen molar-refractivity contribution in [2.24, 2.45) is 0 Å². The minimum atomic E-state index is -3.04. The van der Waals surface area contributed by atoms with Crippen molar-refractivity contribution in [1.29, 1.82) is 0 Å². The summed E-state index contributed by atoms with van der Waals surface area (Å²) in [6, 6.07) is 3.26. The second-order valence-corrected chi connectivity index (χ2v) is 6.65. The number of pyridine rings is 1. The van der Waals surface area contributed by atoms with Crippen molar-refractivity contribution < 1.29 is 13.2 Å². The molecular weight excluding hydrogens is 308 g/mol. The second kappa shape index (κ2) is 6.11. The summed E-state index contributed by atoms with van der Waals surface area (Å²) in [4.78, 5) is 15.5. The molecule has 0 unspecified atom stereocenters. The van der Waals surface area contributed by atoms with Crippen LogP contribution in [0.15, 0.2) is 22.9 Å². The summed E-state index contributed by atoms with van der Waals surface area (Å²) in [5, 5.41) is 2.54. The maximum absolute atomic E-state index is 11.6. The van der Waals surface area contributed by atoms with Crippen molar-refractivity contribution in [2.45, 2.75) is 6.92 Å². The lowest BCUT2D eigenvalue weighted by Gasteiger charge is -2.04. The molecule has 1 aromatic heterocycles. The lowest BCUT2D eigenvalue weighted by Crippen LogP contribution is -2.29. The Balaban J connectivity index is 2.48. The third-order valence-corrected chi connectivity index (χ3v) is 4.30. The Morgan fingerprint density at radius 2 is 2.18 bits per heavy atom. The number of carbonyl (C=O) groups excluding carboxylic acids is 1. The molecule has 1 aromatic rings. The van der Waals surface area contributed by atoms with Gasteiger partial charge >= 0.3 is 0 Å². The summed E-state index contributed by atoms with van der Waals surface area (Å²) < 4.78 is 23.0. The zero-order chi connectivity index (χ0) is 12.9. The largest absolute Gasteiger partial charge is 0.351 e. The average molecular weight is 321 g/mol. The number of hydrogen-bond donors (Lipinski definition) is 1. The monoisotopic (exact) mass is 320 g/mol. The van der Waals surface area contributed by atoms with Crippen LogP contribution in [0, 0.1) is 0 Å². The molecule has 0 radical (unpaired) electrons. The molecule has 1 N–H and O–H groups in total. The number of amides is 1. The molecule has 1 amide bonds. The van der Waals surface area contributed by atoms with E-state index in [4.69, 9.17) is 0 Å². The molecule has 7 heteroatoms. The number of rotatable bonds is 5. The molecule has 0 aliphatic carbocycles. The summed E-state index contributed by atoms with van der Waals surface area (Å²) >= 11 is 3.16. The predicted molar refractivity (Wildman–Crippen MR) is 68.6 cm³/mol. The molecule has 0 aliphatic rings. The molecule has 17 heavy (non-hydrogen) atoms. The van der Waals surface area contributed by atoms with Crippen LogP contribution in [0.5, 0.6) is 0 Å². The molecule has 0 saturated carbocycles. The van der Waals surface area contributed by atoms with Crippen LogP contribution < -0.4 is 5.32 Å². The van der Waals surface area contributed by atoms with E-state index in [9.17, 15) is 13.2 Å². The van der Waals surface area contributed by atoms with Gasteiger partial charge in [0.1, 0.15) is 4.60 Å². The summed E-state index contributed by atoms with van der Waals surface area (Å²) in [5.41, 5.74) is 0.405. The zero-order valence-electron chi connectivity index (χ0n) is 9.31. The van der Waals surface area contributed by atoms with Crippen molar-refractivity contribution in [3.8, 4) is 0 Å². The topological polar surface area (TPSA) is 76.1 Å². The average Bonchev–Trinajstić information content (AvgIpc) is 2.29. The first-order valence-electron chi connectivity index (χ1n) is 5.05. The molecular formula is C10H13BrN2O3S. The van der Waals surface area contributed by atoms with Crippen LogP contribution in [0.2, 0.25) is 0 Å². The number of nitrogens with one attached hydrogen (secondary N) is 1. The van der Waals surface area contributed by atoms with E-state index in [0.717, 1.165) is 0 Å². The van der Waals surface area contributed by atoms with Crippen LogP contribution >= 0.6 is 15.9 Å². The highest BCUT2D eigenvalue weighted by molar-refractivity contribution is 9.10. The van der Waals surface area contributed by atoms with Gasteiger partial charge in [0.15, 0.2) is 9.84 Å². The van der Waals surface area contributed by atoms with Gasteiger partial charge in [-0.15, -0.1) is 0 Å². The summed E-state index contributed by atoms with van der Waals surface area (Å²) in [6.07, 6.45) is 1.42. The fraction of sp³-hybridized carbons (Fsp3) is 0.400. The predicted octanol–water partition coefficient (Wildman–Crippen LogP) is 1.01. The number of sulfone groups is 1. The van der Waals surface area contributed by atoms with E-state index in [0.29, 0.717) is 10.2 Å². The van der Waals surface area contributed by atoms with Gasteiger partial charge < -0.3 is 5.32 Å². The van der Waals surface area contributed by atoms with E-state index in [-0.39, 0.29) is 24.0 Å². The maximum atomic E-state index is 11.6. The molecule has 1 rings (SSSR count). The molecule has 0 saturated heterocycles. The summed E-state index contributed by atoms with van der Waals surface area (Å²) in [6.45, 7) is 1.70. The van der Waals surface area contributed by atoms with Crippen LogP contribution in [0.3, 0.4) is 0 Å².